The molecule has 0 bridgehead atoms. The van der Waals surface area contributed by atoms with Crippen LogP contribution in [0.1, 0.15) is 84.6 Å². The van der Waals surface area contributed by atoms with Crippen molar-refractivity contribution in [2.75, 3.05) is 12.3 Å². The lowest BCUT2D eigenvalue weighted by atomic mass is 9.85. The number of carbonyl (C=O) groups is 5. The molecule has 1 aromatic heterocycles. The fraction of sp³-hybridized carbons (Fsp3) is 0.719. The van der Waals surface area contributed by atoms with Crippen molar-refractivity contribution in [1.82, 2.24) is 36.1 Å². The molecular formula is C32H49N7O6S2. The summed E-state index contributed by atoms with van der Waals surface area (Å²) < 4.78 is -0.563. The van der Waals surface area contributed by atoms with E-state index in [4.69, 9.17) is 0 Å². The summed E-state index contributed by atoms with van der Waals surface area (Å²) in [4.78, 5) is 77.2. The van der Waals surface area contributed by atoms with Gasteiger partial charge in [0.25, 0.3) is 11.1 Å². The molecule has 3 fully saturated rings. The number of nitrogens with one attached hydrogen (secondary N) is 4. The van der Waals surface area contributed by atoms with E-state index in [2.05, 4.69) is 31.2 Å². The van der Waals surface area contributed by atoms with Crippen molar-refractivity contribution >= 4 is 52.4 Å². The van der Waals surface area contributed by atoms with Crippen molar-refractivity contribution in [2.24, 2.45) is 23.2 Å². The first-order chi connectivity index (χ1) is 22.0. The molecule has 15 heteroatoms. The zero-order valence-corrected chi connectivity index (χ0v) is 29.9. The Labute approximate surface area is 285 Å². The van der Waals surface area contributed by atoms with Gasteiger partial charge in [-0.1, -0.05) is 41.5 Å². The number of aliphatic hydroxyl groups is 1. The van der Waals surface area contributed by atoms with E-state index in [-0.39, 0.29) is 41.3 Å². The maximum absolute atomic E-state index is 14.5. The molecule has 260 valence electrons. The van der Waals surface area contributed by atoms with Crippen LogP contribution < -0.4 is 21.3 Å². The first-order valence-corrected chi connectivity index (χ1v) is 18.3. The smallest absolute Gasteiger partial charge is 0.282 e. The predicted octanol–water partition coefficient (Wildman–Crippen LogP) is 2.51. The quantitative estimate of drug-likeness (QED) is 0.204. The van der Waals surface area contributed by atoms with Crippen molar-refractivity contribution in [2.45, 2.75) is 109 Å². The Balaban J connectivity index is 1.56. The normalized spacial score (nSPS) is 25.8. The first-order valence-electron chi connectivity index (χ1n) is 16.3. The van der Waals surface area contributed by atoms with Gasteiger partial charge in [0.2, 0.25) is 17.7 Å². The fourth-order valence-electron chi connectivity index (χ4n) is 6.33. The molecule has 3 aliphatic rings. The molecule has 0 aromatic carbocycles. The molecule has 1 saturated heterocycles. The highest BCUT2D eigenvalue weighted by atomic mass is 32.2. The third-order valence-electron chi connectivity index (χ3n) is 9.11. The predicted molar refractivity (Wildman–Crippen MR) is 181 cm³/mol. The summed E-state index contributed by atoms with van der Waals surface area (Å²) in [6, 6.07) is -2.75. The first kappa shape index (κ1) is 36.9. The van der Waals surface area contributed by atoms with Crippen molar-refractivity contribution < 1.29 is 29.1 Å². The van der Waals surface area contributed by atoms with E-state index in [9.17, 15) is 29.1 Å². The number of hydrogen-bond donors (Lipinski definition) is 5. The Kier molecular flexibility index (Phi) is 11.9. The Morgan fingerprint density at radius 3 is 2.36 bits per heavy atom. The van der Waals surface area contributed by atoms with Gasteiger partial charge in [-0.3, -0.25) is 29.0 Å². The van der Waals surface area contributed by atoms with E-state index in [1.165, 1.54) is 35.3 Å². The largest absolute Gasteiger partial charge is 0.390 e. The van der Waals surface area contributed by atoms with Crippen molar-refractivity contribution in [3.63, 3.8) is 0 Å². The number of aromatic nitrogens is 2. The Hall–Kier alpha value is -2.91. The lowest BCUT2D eigenvalue weighted by molar-refractivity contribution is -0.145. The van der Waals surface area contributed by atoms with Crippen molar-refractivity contribution in [3.05, 3.63) is 24.3 Å². The van der Waals surface area contributed by atoms with Crippen molar-refractivity contribution in [3.8, 4) is 0 Å². The average Bonchev–Trinajstić information content (AvgIpc) is 3.63. The Bertz CT molecular complexity index is 1320. The number of amides is 5. The zero-order chi connectivity index (χ0) is 34.7. The molecule has 47 heavy (non-hydrogen) atoms. The lowest BCUT2D eigenvalue weighted by Crippen LogP contribution is -2.61. The summed E-state index contributed by atoms with van der Waals surface area (Å²) in [7, 11) is 0. The Morgan fingerprint density at radius 2 is 1.79 bits per heavy atom. The van der Waals surface area contributed by atoms with Crippen LogP contribution in [0.15, 0.2) is 18.6 Å². The summed E-state index contributed by atoms with van der Waals surface area (Å²) >= 11 is 2.44. The molecule has 4 rings (SSSR count). The third kappa shape index (κ3) is 9.17. The van der Waals surface area contributed by atoms with Gasteiger partial charge in [0.1, 0.15) is 28.5 Å². The second-order valence-corrected chi connectivity index (χ2v) is 17.1. The van der Waals surface area contributed by atoms with Crippen LogP contribution >= 0.6 is 23.5 Å². The summed E-state index contributed by atoms with van der Waals surface area (Å²) in [6.45, 7) is 12.9. The van der Waals surface area contributed by atoms with E-state index < -0.39 is 57.5 Å². The zero-order valence-electron chi connectivity index (χ0n) is 28.2. The number of carbonyl (C=O) groups excluding carboxylic acids is 5. The van der Waals surface area contributed by atoms with Crippen LogP contribution in [0.4, 0.5) is 4.79 Å². The van der Waals surface area contributed by atoms with Crippen LogP contribution in [0.3, 0.4) is 0 Å². The number of thioether (sulfide) groups is 2. The molecule has 2 aliphatic carbocycles. The molecule has 2 heterocycles. The fourth-order valence-corrected chi connectivity index (χ4v) is 8.38. The molecule has 2 saturated carbocycles. The summed E-state index contributed by atoms with van der Waals surface area (Å²) in [6.07, 6.45) is 7.08. The molecule has 1 aromatic rings. The minimum Gasteiger partial charge on any atom is -0.390 e. The summed E-state index contributed by atoms with van der Waals surface area (Å²) in [5, 5.41) is 22.6. The van der Waals surface area contributed by atoms with Crippen molar-refractivity contribution in [1.29, 1.82) is 0 Å². The molecule has 7 atom stereocenters. The summed E-state index contributed by atoms with van der Waals surface area (Å²) in [5.74, 6) is -2.25. The minimum absolute atomic E-state index is 0.0571. The molecule has 5 amide bonds. The van der Waals surface area contributed by atoms with Crippen LogP contribution in [-0.4, -0.2) is 95.6 Å². The summed E-state index contributed by atoms with van der Waals surface area (Å²) in [5.41, 5.74) is -1.79. The van der Waals surface area contributed by atoms with E-state index in [1.54, 1.807) is 20.8 Å². The highest BCUT2D eigenvalue weighted by molar-refractivity contribution is 8.24. The average molecular weight is 692 g/mol. The monoisotopic (exact) mass is 691 g/mol. The molecule has 1 aliphatic heterocycles. The van der Waals surface area contributed by atoms with Gasteiger partial charge in [-0.25, -0.2) is 4.98 Å². The number of hydrogen-bond acceptors (Lipinski definition) is 10. The Morgan fingerprint density at radius 1 is 1.09 bits per heavy atom. The maximum Gasteiger partial charge on any atom is 0.282 e. The van der Waals surface area contributed by atoms with Gasteiger partial charge in [0.15, 0.2) is 0 Å². The van der Waals surface area contributed by atoms with Crippen LogP contribution in [0, 0.1) is 23.2 Å². The second-order valence-electron chi connectivity index (χ2n) is 14.3. The number of nitrogens with zero attached hydrogens (tertiary/aromatic N) is 3. The highest BCUT2D eigenvalue weighted by Crippen LogP contribution is 2.48. The van der Waals surface area contributed by atoms with Crippen LogP contribution in [0.2, 0.25) is 0 Å². The topological polar surface area (TPSA) is 183 Å². The molecule has 1 unspecified atom stereocenters. The number of rotatable bonds is 12. The highest BCUT2D eigenvalue weighted by Gasteiger charge is 2.58. The lowest BCUT2D eigenvalue weighted by Gasteiger charge is -2.37. The molecule has 0 spiro atoms. The van der Waals surface area contributed by atoms with Gasteiger partial charge in [-0.15, -0.1) is 11.8 Å². The van der Waals surface area contributed by atoms with Crippen LogP contribution in [0.5, 0.6) is 0 Å². The molecule has 5 N–H and O–H groups in total. The van der Waals surface area contributed by atoms with Gasteiger partial charge >= 0.3 is 0 Å². The van der Waals surface area contributed by atoms with Gasteiger partial charge in [-0.2, -0.15) is 0 Å². The minimum atomic E-state index is -1.07. The third-order valence-corrected chi connectivity index (χ3v) is 11.2. The molecule has 0 radical (unpaired) electrons. The van der Waals surface area contributed by atoms with E-state index >= 15 is 0 Å². The SMILES string of the molecule is CCSC(NC(=O)[C@@H]1[C@H]2CC[C@@](C)(O)[C@H]2CN1C(=O)[C@@H](NC(=O)[C@H](NC(=O)c1cnccn1)C(C)C)C(C)(C)C)SC(=O)NC1CC1. The van der Waals surface area contributed by atoms with Crippen LogP contribution in [0.25, 0.3) is 0 Å². The van der Waals surface area contributed by atoms with E-state index in [0.29, 0.717) is 18.6 Å². The standard InChI is InChI=1S/C32H49N7O6S2/c1-8-46-30(47-29(44)35-18-9-10-18)38-27(42)23-19-11-12-32(7,45)20(19)16-39(23)28(43)24(31(4,5)6)37-26(41)22(17(2)3)36-25(40)21-15-33-13-14-34-21/h13-15,17-20,22-24,30,45H,8-12,16H2,1-7H3,(H,35,44)(H,36,40)(H,37,41)(H,38,42)/t19-,20-,22+,23-,24+,30?,32+/m0/s1. The van der Waals surface area contributed by atoms with Gasteiger partial charge < -0.3 is 31.3 Å². The number of fused-ring (bicyclic) bond motifs is 1. The van der Waals surface area contributed by atoms with E-state index in [0.717, 1.165) is 24.6 Å². The van der Waals surface area contributed by atoms with Crippen LogP contribution in [-0.2, 0) is 14.4 Å². The molecular weight excluding hydrogens is 643 g/mol. The maximum atomic E-state index is 14.5. The van der Waals surface area contributed by atoms with Gasteiger partial charge in [-0.05, 0) is 67.4 Å². The van der Waals surface area contributed by atoms with Gasteiger partial charge in [0.05, 0.1) is 11.8 Å². The van der Waals surface area contributed by atoms with Gasteiger partial charge in [0, 0.05) is 30.9 Å². The number of likely N-dealkylation sites (tertiary alicyclic amines) is 1. The second kappa shape index (κ2) is 15.1. The van der Waals surface area contributed by atoms with E-state index in [1.807, 2.05) is 27.7 Å². The molecule has 13 nitrogen and oxygen atoms in total.